The van der Waals surface area contributed by atoms with E-state index in [9.17, 15) is 9.90 Å². The first-order valence-corrected chi connectivity index (χ1v) is 12.9. The van der Waals surface area contributed by atoms with Crippen LogP contribution in [0.5, 0.6) is 5.75 Å². The summed E-state index contributed by atoms with van der Waals surface area (Å²) in [6.45, 7) is 7.81. The first-order chi connectivity index (χ1) is 18.5. The third-order valence-electron chi connectivity index (χ3n) is 6.54. The summed E-state index contributed by atoms with van der Waals surface area (Å²) < 4.78 is 7.83. The van der Waals surface area contributed by atoms with E-state index in [1.165, 1.54) is 5.56 Å². The van der Waals surface area contributed by atoms with Gasteiger partial charge in [-0.25, -0.2) is 9.97 Å². The molecule has 200 valence electrons. The summed E-state index contributed by atoms with van der Waals surface area (Å²) in [6, 6.07) is 11.9. The van der Waals surface area contributed by atoms with Gasteiger partial charge in [0.15, 0.2) is 5.82 Å². The molecule has 8 heteroatoms. The molecule has 0 saturated heterocycles. The van der Waals surface area contributed by atoms with Crippen LogP contribution in [0.25, 0.3) is 44.5 Å². The van der Waals surface area contributed by atoms with Crippen molar-refractivity contribution in [3.63, 3.8) is 0 Å². The Kier molecular flexibility index (Phi) is 6.82. The SMILES string of the molecule is CC(C)(C)O.Cc1cc2nc(-c3nccn3C)ccc2c(-c2ccc3c4c(ccnc24)CCO3)c1CC(=O)O. The van der Waals surface area contributed by atoms with E-state index in [4.69, 9.17) is 19.8 Å². The number of aryl methyl sites for hydroxylation is 2. The largest absolute Gasteiger partial charge is 0.493 e. The lowest BCUT2D eigenvalue weighted by atomic mass is 9.88. The number of carboxylic acid groups (broad SMARTS) is 1. The van der Waals surface area contributed by atoms with Crippen LogP contribution in [-0.2, 0) is 24.7 Å². The fourth-order valence-electron chi connectivity index (χ4n) is 4.98. The number of benzene rings is 2. The number of ether oxygens (including phenoxy) is 1. The van der Waals surface area contributed by atoms with Gasteiger partial charge in [-0.1, -0.05) is 0 Å². The Labute approximate surface area is 226 Å². The Hall–Kier alpha value is -4.30. The molecule has 2 N–H and O–H groups in total. The number of fused-ring (bicyclic) bond motifs is 1. The predicted octanol–water partition coefficient (Wildman–Crippen LogP) is 5.50. The van der Waals surface area contributed by atoms with E-state index in [1.807, 2.05) is 67.3 Å². The fourth-order valence-corrected chi connectivity index (χ4v) is 4.98. The standard InChI is InChI=1S/C27H22N4O3.C4H10O/c1-15-13-21-17(3-5-20(30-21)27-29-10-11-31(27)2)25(19(15)14-23(32)33)18-4-6-22-24-16(8-12-34-22)7-9-28-26(18)24;1-4(2,3)5/h3-7,9-11,13H,8,12,14H2,1-2H3,(H,32,33);5H,1-3H3. The Morgan fingerprint density at radius 2 is 1.87 bits per heavy atom. The molecule has 5 aromatic rings. The zero-order valence-electron chi connectivity index (χ0n) is 22.8. The van der Waals surface area contributed by atoms with Gasteiger partial charge in [0.2, 0.25) is 0 Å². The molecule has 0 amide bonds. The van der Waals surface area contributed by atoms with E-state index in [-0.39, 0.29) is 6.42 Å². The number of carbonyl (C=O) groups is 1. The third-order valence-corrected chi connectivity index (χ3v) is 6.54. The van der Waals surface area contributed by atoms with E-state index < -0.39 is 11.6 Å². The molecule has 4 heterocycles. The second kappa shape index (κ2) is 10.1. The number of rotatable bonds is 4. The van der Waals surface area contributed by atoms with Crippen LogP contribution in [0.15, 0.2) is 55.0 Å². The highest BCUT2D eigenvalue weighted by atomic mass is 16.5. The summed E-state index contributed by atoms with van der Waals surface area (Å²) in [4.78, 5) is 25.9. The maximum Gasteiger partial charge on any atom is 0.307 e. The summed E-state index contributed by atoms with van der Waals surface area (Å²) in [7, 11) is 1.93. The van der Waals surface area contributed by atoms with E-state index in [0.717, 1.165) is 67.7 Å². The molecule has 3 aromatic heterocycles. The molecule has 1 aliphatic rings. The molecule has 2 aromatic carbocycles. The van der Waals surface area contributed by atoms with Gasteiger partial charge in [0.1, 0.15) is 11.4 Å². The molecule has 1 aliphatic heterocycles. The van der Waals surface area contributed by atoms with Crippen LogP contribution in [0.1, 0.15) is 37.5 Å². The number of hydrogen-bond donors (Lipinski definition) is 2. The monoisotopic (exact) mass is 524 g/mol. The van der Waals surface area contributed by atoms with Crippen molar-refractivity contribution in [1.29, 1.82) is 0 Å². The van der Waals surface area contributed by atoms with Crippen molar-refractivity contribution in [2.24, 2.45) is 7.05 Å². The van der Waals surface area contributed by atoms with Crippen molar-refractivity contribution in [2.45, 2.75) is 46.1 Å². The molecule has 0 spiro atoms. The van der Waals surface area contributed by atoms with E-state index >= 15 is 0 Å². The van der Waals surface area contributed by atoms with Crippen LogP contribution >= 0.6 is 0 Å². The lowest BCUT2D eigenvalue weighted by Gasteiger charge is -2.21. The van der Waals surface area contributed by atoms with Gasteiger partial charge in [0.25, 0.3) is 0 Å². The summed E-state index contributed by atoms with van der Waals surface area (Å²) in [6.07, 6.45) is 6.19. The summed E-state index contributed by atoms with van der Waals surface area (Å²) in [5.41, 5.74) is 6.47. The fraction of sp³-hybridized carbons (Fsp3) is 0.290. The second-order valence-electron chi connectivity index (χ2n) is 10.8. The zero-order chi connectivity index (χ0) is 27.9. The maximum atomic E-state index is 11.9. The molecule has 6 rings (SSSR count). The van der Waals surface area contributed by atoms with Gasteiger partial charge in [-0.05, 0) is 86.3 Å². The molecule has 0 bridgehead atoms. The lowest BCUT2D eigenvalue weighted by Crippen LogP contribution is -2.10. The number of aromatic nitrogens is 4. The van der Waals surface area contributed by atoms with E-state index in [2.05, 4.69) is 4.98 Å². The average molecular weight is 525 g/mol. The first-order valence-electron chi connectivity index (χ1n) is 12.9. The van der Waals surface area contributed by atoms with Crippen molar-refractivity contribution < 1.29 is 19.7 Å². The highest BCUT2D eigenvalue weighted by Crippen LogP contribution is 2.42. The van der Waals surface area contributed by atoms with Crippen LogP contribution < -0.4 is 4.74 Å². The number of aliphatic carboxylic acids is 1. The molecule has 39 heavy (non-hydrogen) atoms. The number of pyridine rings is 2. The minimum atomic E-state index is -0.875. The van der Waals surface area contributed by atoms with Crippen LogP contribution in [0.3, 0.4) is 0 Å². The van der Waals surface area contributed by atoms with Gasteiger partial charge in [0, 0.05) is 48.4 Å². The second-order valence-corrected chi connectivity index (χ2v) is 10.8. The van der Waals surface area contributed by atoms with Gasteiger partial charge in [-0.2, -0.15) is 0 Å². The van der Waals surface area contributed by atoms with Gasteiger partial charge in [0.05, 0.1) is 29.7 Å². The molecular weight excluding hydrogens is 492 g/mol. The van der Waals surface area contributed by atoms with Crippen molar-refractivity contribution in [2.75, 3.05) is 6.61 Å². The molecule has 0 atom stereocenters. The topological polar surface area (TPSA) is 110 Å². The first kappa shape index (κ1) is 26.3. The Balaban J connectivity index is 0.000000567. The zero-order valence-corrected chi connectivity index (χ0v) is 22.8. The van der Waals surface area contributed by atoms with Crippen LogP contribution in [0.2, 0.25) is 0 Å². The highest BCUT2D eigenvalue weighted by Gasteiger charge is 2.23. The summed E-state index contributed by atoms with van der Waals surface area (Å²) >= 11 is 0. The maximum absolute atomic E-state index is 11.9. The molecule has 8 nitrogen and oxygen atoms in total. The average Bonchev–Trinajstić information content (AvgIpc) is 3.30. The van der Waals surface area contributed by atoms with Crippen LogP contribution in [0.4, 0.5) is 0 Å². The number of hydrogen-bond acceptors (Lipinski definition) is 6. The quantitative estimate of drug-likeness (QED) is 0.319. The molecule has 0 saturated carbocycles. The van der Waals surface area contributed by atoms with Crippen molar-refractivity contribution >= 4 is 27.8 Å². The van der Waals surface area contributed by atoms with Crippen LogP contribution in [-0.4, -0.2) is 47.9 Å². The molecule has 0 unspecified atom stereocenters. The van der Waals surface area contributed by atoms with Crippen molar-refractivity contribution in [3.8, 4) is 28.4 Å². The smallest absolute Gasteiger partial charge is 0.307 e. The number of nitrogens with zero attached hydrogens (tertiary/aromatic N) is 4. The predicted molar refractivity (Wildman–Crippen MR) is 152 cm³/mol. The van der Waals surface area contributed by atoms with Gasteiger partial charge in [-0.3, -0.25) is 9.78 Å². The highest BCUT2D eigenvalue weighted by molar-refractivity contribution is 6.08. The molecule has 0 radical (unpaired) electrons. The van der Waals surface area contributed by atoms with Gasteiger partial charge < -0.3 is 19.5 Å². The van der Waals surface area contributed by atoms with E-state index in [0.29, 0.717) is 6.61 Å². The summed E-state index contributed by atoms with van der Waals surface area (Å²) in [5.74, 6) is 0.719. The lowest BCUT2D eigenvalue weighted by molar-refractivity contribution is -0.136. The minimum Gasteiger partial charge on any atom is -0.493 e. The number of carboxylic acids is 1. The van der Waals surface area contributed by atoms with E-state index in [1.54, 1.807) is 27.0 Å². The minimum absolute atomic E-state index is 0.0857. The van der Waals surface area contributed by atoms with Gasteiger partial charge in [-0.15, -0.1) is 0 Å². The van der Waals surface area contributed by atoms with Gasteiger partial charge >= 0.3 is 5.97 Å². The summed E-state index contributed by atoms with van der Waals surface area (Å²) in [5, 5.41) is 20.1. The third kappa shape index (κ3) is 5.33. The number of imidazole rings is 1. The number of aliphatic hydroxyl groups is 1. The molecular formula is C31H32N4O4. The molecule has 0 fully saturated rings. The Morgan fingerprint density at radius 3 is 2.56 bits per heavy atom. The normalized spacial score (nSPS) is 12.7. The molecule has 0 aliphatic carbocycles. The van der Waals surface area contributed by atoms with Crippen molar-refractivity contribution in [1.82, 2.24) is 19.5 Å². The Morgan fingerprint density at radius 1 is 1.10 bits per heavy atom. The Bertz CT molecular complexity index is 1700. The van der Waals surface area contributed by atoms with Crippen LogP contribution in [0, 0.1) is 6.92 Å². The van der Waals surface area contributed by atoms with Crippen molar-refractivity contribution in [3.05, 3.63) is 71.7 Å².